The first-order valence-corrected chi connectivity index (χ1v) is 2.35. The summed E-state index contributed by atoms with van der Waals surface area (Å²) in [5, 5.41) is 0. The minimum absolute atomic E-state index is 0. The molecular formula is H6ILi2O4P. The van der Waals surface area contributed by atoms with Crippen molar-refractivity contribution in [2.45, 2.75) is 0 Å². The third kappa shape index (κ3) is 96.0. The average Bonchev–Trinajstić information content (AvgIpc) is 0.722. The summed E-state index contributed by atoms with van der Waals surface area (Å²) in [6.07, 6.45) is 0. The van der Waals surface area contributed by atoms with Gasteiger partial charge in [-0.1, -0.05) is 0 Å². The Kier molecular flexibility index (Phi) is 25.4. The number of phosphoric acid groups is 1. The second-order valence-corrected chi connectivity index (χ2v) is 1.54. The fraction of sp³-hybridized carbons (Fsp3) is 0. The number of hydrogen-bond donors (Lipinski definition) is 3. The molecule has 4 nitrogen and oxygen atoms in total. The van der Waals surface area contributed by atoms with Gasteiger partial charge in [0.1, 0.15) is 0 Å². The maximum absolute atomic E-state index is 8.88. The van der Waals surface area contributed by atoms with Gasteiger partial charge in [-0.15, -0.1) is 24.0 Å². The summed E-state index contributed by atoms with van der Waals surface area (Å²) in [5.74, 6) is 0. The molecule has 0 aromatic rings. The normalized spacial score (nSPS) is 7.38. The average molecular weight is 242 g/mol. The van der Waals surface area contributed by atoms with Crippen molar-refractivity contribution in [2.24, 2.45) is 0 Å². The monoisotopic (exact) mass is 242 g/mol. The summed E-state index contributed by atoms with van der Waals surface area (Å²) in [4.78, 5) is 21.6. The quantitative estimate of drug-likeness (QED) is 0.271. The Labute approximate surface area is 88.0 Å². The van der Waals surface area contributed by atoms with Gasteiger partial charge in [0.15, 0.2) is 0 Å². The Hall–Kier alpha value is 2.03. The predicted octanol–water partition coefficient (Wildman–Crippen LogP) is -1.61. The van der Waals surface area contributed by atoms with E-state index >= 15 is 0 Å². The van der Waals surface area contributed by atoms with Crippen molar-refractivity contribution in [3.05, 3.63) is 0 Å². The first-order chi connectivity index (χ1) is 2.00. The minimum atomic E-state index is -4.64. The molecule has 44 valence electrons. The SMILES string of the molecule is I.O=P(O)(O)O.[LiH].[LiH]. The van der Waals surface area contributed by atoms with Gasteiger partial charge in [0.2, 0.25) is 0 Å². The van der Waals surface area contributed by atoms with Crippen LogP contribution >= 0.6 is 31.8 Å². The molecule has 0 spiro atoms. The van der Waals surface area contributed by atoms with Crippen LogP contribution in [0.2, 0.25) is 0 Å². The van der Waals surface area contributed by atoms with E-state index in [1.165, 1.54) is 0 Å². The van der Waals surface area contributed by atoms with E-state index in [0.717, 1.165) is 0 Å². The molecule has 0 fully saturated rings. The number of halogens is 1. The van der Waals surface area contributed by atoms with Gasteiger partial charge >= 0.3 is 45.5 Å². The summed E-state index contributed by atoms with van der Waals surface area (Å²) >= 11 is 0. The second-order valence-electron chi connectivity index (χ2n) is 0.513. The van der Waals surface area contributed by atoms with Crippen LogP contribution in [0.1, 0.15) is 0 Å². The molecule has 0 aliphatic rings. The van der Waals surface area contributed by atoms with Crippen molar-refractivity contribution in [3.63, 3.8) is 0 Å². The van der Waals surface area contributed by atoms with Gasteiger partial charge in [-0.3, -0.25) is 0 Å². The molecule has 0 amide bonds. The van der Waals surface area contributed by atoms with Crippen molar-refractivity contribution in [1.29, 1.82) is 0 Å². The molecule has 0 aromatic carbocycles. The Morgan fingerprint density at radius 1 is 1.00 bits per heavy atom. The van der Waals surface area contributed by atoms with Crippen LogP contribution in [-0.2, 0) is 4.57 Å². The molecule has 0 aromatic heterocycles. The van der Waals surface area contributed by atoms with Gasteiger partial charge in [-0.2, -0.15) is 0 Å². The molecule has 0 radical (unpaired) electrons. The zero-order chi connectivity index (χ0) is 4.50. The molecule has 0 aliphatic heterocycles. The van der Waals surface area contributed by atoms with Gasteiger partial charge in [-0.05, 0) is 0 Å². The van der Waals surface area contributed by atoms with E-state index < -0.39 is 7.82 Å². The predicted molar refractivity (Wildman–Crippen MR) is 44.0 cm³/mol. The summed E-state index contributed by atoms with van der Waals surface area (Å²) in [6, 6.07) is 0. The van der Waals surface area contributed by atoms with Crippen molar-refractivity contribution >= 4 is 69.5 Å². The van der Waals surface area contributed by atoms with Crippen LogP contribution in [0.5, 0.6) is 0 Å². The standard InChI is InChI=1S/HI.2Li.H3O4P.2H/c;;;1-5(2,3)4;;/h1H;;;(H3,1,2,3,4);;. The van der Waals surface area contributed by atoms with E-state index in [0.29, 0.717) is 0 Å². The van der Waals surface area contributed by atoms with Crippen LogP contribution in [0.15, 0.2) is 0 Å². The van der Waals surface area contributed by atoms with E-state index in [2.05, 4.69) is 0 Å². The van der Waals surface area contributed by atoms with Crippen molar-refractivity contribution in [3.8, 4) is 0 Å². The molecule has 8 heavy (non-hydrogen) atoms. The molecule has 3 N–H and O–H groups in total. The van der Waals surface area contributed by atoms with Crippen LogP contribution in [0.3, 0.4) is 0 Å². The third-order valence-electron chi connectivity index (χ3n) is 0. The van der Waals surface area contributed by atoms with E-state index in [4.69, 9.17) is 19.2 Å². The molecule has 0 aliphatic carbocycles. The molecule has 8 heteroatoms. The topological polar surface area (TPSA) is 77.8 Å². The van der Waals surface area contributed by atoms with Crippen molar-refractivity contribution in [2.75, 3.05) is 0 Å². The Morgan fingerprint density at radius 2 is 1.00 bits per heavy atom. The van der Waals surface area contributed by atoms with Gasteiger partial charge in [0.25, 0.3) is 0 Å². The molecule has 0 saturated carbocycles. The van der Waals surface area contributed by atoms with Gasteiger partial charge in [0.05, 0.1) is 0 Å². The molecule has 0 atom stereocenters. The van der Waals surface area contributed by atoms with Gasteiger partial charge in [0, 0.05) is 0 Å². The fourth-order valence-electron chi connectivity index (χ4n) is 0. The molecule has 0 unspecified atom stereocenters. The number of rotatable bonds is 0. The zero-order valence-electron chi connectivity index (χ0n) is 2.61. The molecular weight excluding hydrogens is 236 g/mol. The van der Waals surface area contributed by atoms with E-state index in [-0.39, 0.29) is 61.7 Å². The Bertz CT molecular complexity index is 60.2. The summed E-state index contributed by atoms with van der Waals surface area (Å²) in [6.45, 7) is 0. The third-order valence-corrected chi connectivity index (χ3v) is 0. The Balaban J connectivity index is -0.0000000267. The Morgan fingerprint density at radius 3 is 1.00 bits per heavy atom. The second kappa shape index (κ2) is 9.03. The van der Waals surface area contributed by atoms with Gasteiger partial charge in [-0.25, -0.2) is 4.57 Å². The fourth-order valence-corrected chi connectivity index (χ4v) is 0. The van der Waals surface area contributed by atoms with Crippen LogP contribution in [0.25, 0.3) is 0 Å². The molecule has 0 bridgehead atoms. The van der Waals surface area contributed by atoms with Crippen LogP contribution < -0.4 is 0 Å². The van der Waals surface area contributed by atoms with E-state index in [1.54, 1.807) is 0 Å². The zero-order valence-corrected chi connectivity index (χ0v) is 5.83. The first-order valence-electron chi connectivity index (χ1n) is 0.783. The van der Waals surface area contributed by atoms with Crippen LogP contribution in [-0.4, -0.2) is 52.4 Å². The van der Waals surface area contributed by atoms with Gasteiger partial charge < -0.3 is 14.7 Å². The summed E-state index contributed by atoms with van der Waals surface area (Å²) < 4.78 is 8.88. The molecule has 0 heterocycles. The first kappa shape index (κ1) is 22.5. The van der Waals surface area contributed by atoms with Crippen molar-refractivity contribution < 1.29 is 19.2 Å². The van der Waals surface area contributed by atoms with E-state index in [9.17, 15) is 0 Å². The summed E-state index contributed by atoms with van der Waals surface area (Å²) in [5.41, 5.74) is 0. The maximum atomic E-state index is 8.88. The number of hydrogen-bond acceptors (Lipinski definition) is 1. The molecule has 0 rings (SSSR count). The van der Waals surface area contributed by atoms with Crippen molar-refractivity contribution in [1.82, 2.24) is 0 Å². The van der Waals surface area contributed by atoms with Crippen LogP contribution in [0, 0.1) is 0 Å². The summed E-state index contributed by atoms with van der Waals surface area (Å²) in [7, 11) is -4.64. The van der Waals surface area contributed by atoms with Crippen LogP contribution in [0.4, 0.5) is 0 Å². The van der Waals surface area contributed by atoms with E-state index in [1.807, 2.05) is 0 Å². The molecule has 0 saturated heterocycles.